The van der Waals surface area contributed by atoms with E-state index < -0.39 is 11.5 Å². The van der Waals surface area contributed by atoms with Crippen LogP contribution in [-0.2, 0) is 0 Å². The van der Waals surface area contributed by atoms with Crippen molar-refractivity contribution in [3.05, 3.63) is 45.9 Å². The van der Waals surface area contributed by atoms with Gasteiger partial charge < -0.3 is 14.7 Å². The van der Waals surface area contributed by atoms with Crippen LogP contribution in [-0.4, -0.2) is 25.6 Å². The maximum absolute atomic E-state index is 11.0. The molecule has 0 atom stereocenters. The first-order chi connectivity index (χ1) is 7.58. The second-order valence-electron chi connectivity index (χ2n) is 2.99. The van der Waals surface area contributed by atoms with Crippen LogP contribution in [0, 0.1) is 0 Å². The number of imidazole rings is 1. The van der Waals surface area contributed by atoms with Gasteiger partial charge in [0.15, 0.2) is 5.69 Å². The third-order valence-corrected chi connectivity index (χ3v) is 2.14. The SMILES string of the molecule is O=C(O)c1[nH]c(=O)ccc1-n1cnc(Cl)c1. The van der Waals surface area contributed by atoms with Gasteiger partial charge in [0.2, 0.25) is 5.56 Å². The smallest absolute Gasteiger partial charge is 0.354 e. The van der Waals surface area contributed by atoms with E-state index in [1.165, 1.54) is 29.2 Å². The van der Waals surface area contributed by atoms with Gasteiger partial charge in [-0.2, -0.15) is 0 Å². The molecule has 2 aromatic rings. The number of aromatic carboxylic acids is 1. The average molecular weight is 240 g/mol. The van der Waals surface area contributed by atoms with Crippen molar-refractivity contribution in [2.24, 2.45) is 0 Å². The molecule has 0 saturated heterocycles. The van der Waals surface area contributed by atoms with E-state index in [9.17, 15) is 9.59 Å². The van der Waals surface area contributed by atoms with E-state index in [2.05, 4.69) is 9.97 Å². The van der Waals surface area contributed by atoms with Crippen LogP contribution in [0.3, 0.4) is 0 Å². The van der Waals surface area contributed by atoms with E-state index in [0.717, 1.165) is 0 Å². The molecule has 6 nitrogen and oxygen atoms in total. The summed E-state index contributed by atoms with van der Waals surface area (Å²) >= 11 is 5.62. The number of carbonyl (C=O) groups is 1. The summed E-state index contributed by atoms with van der Waals surface area (Å²) in [6.45, 7) is 0. The predicted molar refractivity (Wildman–Crippen MR) is 56.2 cm³/mol. The van der Waals surface area contributed by atoms with Crippen LogP contribution >= 0.6 is 11.6 Å². The molecule has 2 aromatic heterocycles. The number of nitrogens with zero attached hydrogens (tertiary/aromatic N) is 2. The lowest BCUT2D eigenvalue weighted by Gasteiger charge is -2.04. The Morgan fingerprint density at radius 2 is 2.25 bits per heavy atom. The molecule has 2 rings (SSSR count). The molecule has 0 aliphatic heterocycles. The van der Waals surface area contributed by atoms with Gasteiger partial charge in [-0.15, -0.1) is 0 Å². The monoisotopic (exact) mass is 239 g/mol. The van der Waals surface area contributed by atoms with Gasteiger partial charge >= 0.3 is 5.97 Å². The summed E-state index contributed by atoms with van der Waals surface area (Å²) in [5, 5.41) is 9.16. The van der Waals surface area contributed by atoms with E-state index in [1.54, 1.807) is 0 Å². The minimum Gasteiger partial charge on any atom is -0.477 e. The number of aromatic nitrogens is 3. The highest BCUT2D eigenvalue weighted by atomic mass is 35.5. The van der Waals surface area contributed by atoms with E-state index in [1.807, 2.05) is 0 Å². The molecule has 0 amide bonds. The summed E-state index contributed by atoms with van der Waals surface area (Å²) in [5.74, 6) is -1.22. The zero-order chi connectivity index (χ0) is 11.7. The highest BCUT2D eigenvalue weighted by Crippen LogP contribution is 2.13. The Kier molecular flexibility index (Phi) is 2.49. The number of pyridine rings is 1. The summed E-state index contributed by atoms with van der Waals surface area (Å²) < 4.78 is 1.42. The number of hydrogen-bond acceptors (Lipinski definition) is 3. The summed E-state index contributed by atoms with van der Waals surface area (Å²) in [6, 6.07) is 2.62. The average Bonchev–Trinajstić information content (AvgIpc) is 2.64. The fourth-order valence-electron chi connectivity index (χ4n) is 1.28. The summed E-state index contributed by atoms with van der Waals surface area (Å²) in [6.07, 6.45) is 2.81. The topological polar surface area (TPSA) is 88.0 Å². The molecule has 0 aliphatic carbocycles. The number of aromatic amines is 1. The summed E-state index contributed by atoms with van der Waals surface area (Å²) in [7, 11) is 0. The molecular weight excluding hydrogens is 234 g/mol. The van der Waals surface area contributed by atoms with Crippen LogP contribution in [0.15, 0.2) is 29.5 Å². The zero-order valence-corrected chi connectivity index (χ0v) is 8.60. The van der Waals surface area contributed by atoms with Crippen molar-refractivity contribution >= 4 is 17.6 Å². The molecule has 0 aliphatic rings. The Labute approximate surface area is 94.1 Å². The normalized spacial score (nSPS) is 10.3. The highest BCUT2D eigenvalue weighted by molar-refractivity contribution is 6.29. The quantitative estimate of drug-likeness (QED) is 0.815. The fraction of sp³-hybridized carbons (Fsp3) is 0. The zero-order valence-electron chi connectivity index (χ0n) is 7.85. The van der Waals surface area contributed by atoms with Crippen molar-refractivity contribution in [2.45, 2.75) is 0 Å². The predicted octanol–water partition coefficient (Wildman–Crippen LogP) is 0.912. The molecule has 0 aromatic carbocycles. The lowest BCUT2D eigenvalue weighted by molar-refractivity contribution is 0.0690. The number of halogens is 1. The van der Waals surface area contributed by atoms with Crippen LogP contribution in [0.4, 0.5) is 0 Å². The first-order valence-corrected chi connectivity index (χ1v) is 4.62. The minimum atomic E-state index is -1.22. The number of rotatable bonds is 2. The standard InChI is InChI=1S/C9H6ClN3O3/c10-6-3-13(4-11-6)5-1-2-7(14)12-8(5)9(15)16/h1-4H,(H,12,14)(H,15,16). The van der Waals surface area contributed by atoms with Crippen LogP contribution in [0.25, 0.3) is 5.69 Å². The summed E-state index contributed by atoms with van der Waals surface area (Å²) in [4.78, 5) is 27.9. The third kappa shape index (κ3) is 1.82. The van der Waals surface area contributed by atoms with Crippen LogP contribution in [0.2, 0.25) is 5.15 Å². The van der Waals surface area contributed by atoms with Gasteiger partial charge in [-0.05, 0) is 6.07 Å². The summed E-state index contributed by atoms with van der Waals surface area (Å²) in [5.41, 5.74) is -0.388. The molecule has 0 bridgehead atoms. The van der Waals surface area contributed by atoms with Gasteiger partial charge in [0.1, 0.15) is 11.5 Å². The lowest BCUT2D eigenvalue weighted by Crippen LogP contribution is -2.15. The number of hydrogen-bond donors (Lipinski definition) is 2. The van der Waals surface area contributed by atoms with E-state index in [-0.39, 0.29) is 10.8 Å². The molecule has 82 valence electrons. The first-order valence-electron chi connectivity index (χ1n) is 4.24. The Morgan fingerprint density at radius 3 is 2.81 bits per heavy atom. The first kappa shape index (κ1) is 10.4. The van der Waals surface area contributed by atoms with Crippen LogP contribution in [0.5, 0.6) is 0 Å². The second-order valence-corrected chi connectivity index (χ2v) is 3.38. The maximum atomic E-state index is 11.0. The van der Waals surface area contributed by atoms with Gasteiger partial charge in [-0.1, -0.05) is 11.6 Å². The molecule has 0 fully saturated rings. The van der Waals surface area contributed by atoms with E-state index >= 15 is 0 Å². The molecule has 0 radical (unpaired) electrons. The molecule has 2 N–H and O–H groups in total. The van der Waals surface area contributed by atoms with Gasteiger partial charge in [0, 0.05) is 12.3 Å². The van der Waals surface area contributed by atoms with Gasteiger partial charge in [0.25, 0.3) is 0 Å². The molecule has 0 unspecified atom stereocenters. The molecule has 7 heteroatoms. The molecule has 0 spiro atoms. The Balaban J connectivity index is 2.65. The molecule has 16 heavy (non-hydrogen) atoms. The highest BCUT2D eigenvalue weighted by Gasteiger charge is 2.12. The molecular formula is C9H6ClN3O3. The van der Waals surface area contributed by atoms with Crippen molar-refractivity contribution in [1.82, 2.24) is 14.5 Å². The minimum absolute atomic E-state index is 0.207. The van der Waals surface area contributed by atoms with Gasteiger partial charge in [-0.25, -0.2) is 9.78 Å². The third-order valence-electron chi connectivity index (χ3n) is 1.94. The fourth-order valence-corrected chi connectivity index (χ4v) is 1.42. The van der Waals surface area contributed by atoms with Crippen molar-refractivity contribution in [3.63, 3.8) is 0 Å². The van der Waals surface area contributed by atoms with Crippen molar-refractivity contribution in [2.75, 3.05) is 0 Å². The number of carboxylic acids is 1. The second kappa shape index (κ2) is 3.82. The van der Waals surface area contributed by atoms with Crippen LogP contribution in [0.1, 0.15) is 10.5 Å². The Bertz CT molecular complexity index is 602. The van der Waals surface area contributed by atoms with Crippen LogP contribution < -0.4 is 5.56 Å². The largest absolute Gasteiger partial charge is 0.477 e. The number of carboxylic acid groups (broad SMARTS) is 1. The Hall–Kier alpha value is -2.08. The van der Waals surface area contributed by atoms with Crippen molar-refractivity contribution in [3.8, 4) is 5.69 Å². The Morgan fingerprint density at radius 1 is 1.50 bits per heavy atom. The van der Waals surface area contributed by atoms with Crippen molar-refractivity contribution in [1.29, 1.82) is 0 Å². The molecule has 0 saturated carbocycles. The van der Waals surface area contributed by atoms with E-state index in [4.69, 9.17) is 16.7 Å². The molecule has 2 heterocycles. The van der Waals surface area contributed by atoms with Gasteiger partial charge in [-0.3, -0.25) is 4.79 Å². The van der Waals surface area contributed by atoms with E-state index in [0.29, 0.717) is 5.69 Å². The van der Waals surface area contributed by atoms with Crippen molar-refractivity contribution < 1.29 is 9.90 Å². The number of nitrogens with one attached hydrogen (secondary N) is 1. The number of H-pyrrole nitrogens is 1. The maximum Gasteiger partial charge on any atom is 0.354 e. The lowest BCUT2D eigenvalue weighted by atomic mass is 10.3. The van der Waals surface area contributed by atoms with Gasteiger partial charge in [0.05, 0.1) is 5.69 Å².